The van der Waals surface area contributed by atoms with Crippen LogP contribution in [0.15, 0.2) is 47.5 Å². The lowest BCUT2D eigenvalue weighted by Gasteiger charge is -2.26. The first kappa shape index (κ1) is 19.6. The summed E-state index contributed by atoms with van der Waals surface area (Å²) in [7, 11) is 0. The van der Waals surface area contributed by atoms with Crippen LogP contribution in [0.1, 0.15) is 43.2 Å². The van der Waals surface area contributed by atoms with Gasteiger partial charge in [0.25, 0.3) is 0 Å². The molecule has 2 aromatic carbocycles. The fourth-order valence-electron chi connectivity index (χ4n) is 4.04. The lowest BCUT2D eigenvalue weighted by molar-refractivity contribution is 0.225. The number of aromatic hydroxyl groups is 1. The molecule has 1 aliphatic rings. The number of nitrogens with zero attached hydrogens (tertiary/aromatic N) is 2. The number of piperidine rings is 1. The summed E-state index contributed by atoms with van der Waals surface area (Å²) in [6.45, 7) is 3.76. The molecule has 1 aromatic heterocycles. The van der Waals surface area contributed by atoms with Gasteiger partial charge in [-0.25, -0.2) is 4.39 Å². The number of aromatic amines is 1. The maximum atomic E-state index is 13.5. The van der Waals surface area contributed by atoms with Gasteiger partial charge in [0.15, 0.2) is 5.88 Å². The molecule has 1 fully saturated rings. The molecule has 0 spiro atoms. The summed E-state index contributed by atoms with van der Waals surface area (Å²) in [5.74, 6) is -0.338. The van der Waals surface area contributed by atoms with E-state index in [1.54, 1.807) is 12.3 Å². The summed E-state index contributed by atoms with van der Waals surface area (Å²) in [4.78, 5) is 9.89. The first-order valence-electron chi connectivity index (χ1n) is 10.5. The molecule has 152 valence electrons. The Bertz CT molecular complexity index is 972. The van der Waals surface area contributed by atoms with E-state index in [1.165, 1.54) is 69.4 Å². The number of aryl methyl sites for hydroxylation is 1. The number of aliphatic imine (C=N–C) groups is 1. The van der Waals surface area contributed by atoms with Gasteiger partial charge in [-0.3, -0.25) is 4.99 Å². The molecule has 0 saturated carbocycles. The minimum absolute atomic E-state index is 0.000300. The van der Waals surface area contributed by atoms with Crippen LogP contribution in [-0.2, 0) is 6.42 Å². The summed E-state index contributed by atoms with van der Waals surface area (Å²) in [5, 5.41) is 10.7. The Morgan fingerprint density at radius 1 is 1.03 bits per heavy atom. The molecular weight excluding hydrogens is 365 g/mol. The molecule has 0 amide bonds. The van der Waals surface area contributed by atoms with Gasteiger partial charge in [-0.2, -0.15) is 0 Å². The summed E-state index contributed by atoms with van der Waals surface area (Å²) in [5.41, 5.74) is 3.32. The Morgan fingerprint density at radius 2 is 1.83 bits per heavy atom. The molecule has 2 heterocycles. The molecule has 29 heavy (non-hydrogen) atoms. The molecule has 0 unspecified atom stereocenters. The first-order valence-corrected chi connectivity index (χ1v) is 10.5. The van der Waals surface area contributed by atoms with E-state index in [1.807, 2.05) is 12.1 Å². The van der Waals surface area contributed by atoms with E-state index in [9.17, 15) is 9.50 Å². The molecule has 0 bridgehead atoms. The average Bonchev–Trinajstić information content (AvgIpc) is 3.05. The third-order valence-electron chi connectivity index (χ3n) is 5.70. The molecule has 0 aliphatic carbocycles. The zero-order valence-electron chi connectivity index (χ0n) is 16.7. The molecule has 1 saturated heterocycles. The summed E-state index contributed by atoms with van der Waals surface area (Å²) >= 11 is 0. The van der Waals surface area contributed by atoms with Crippen molar-refractivity contribution in [2.24, 2.45) is 4.99 Å². The van der Waals surface area contributed by atoms with Crippen molar-refractivity contribution in [1.29, 1.82) is 0 Å². The number of fused-ring (bicyclic) bond motifs is 1. The van der Waals surface area contributed by atoms with Crippen LogP contribution in [0.5, 0.6) is 5.88 Å². The van der Waals surface area contributed by atoms with Crippen LogP contribution >= 0.6 is 0 Å². The molecule has 2 N–H and O–H groups in total. The van der Waals surface area contributed by atoms with E-state index in [0.29, 0.717) is 16.5 Å². The predicted molar refractivity (Wildman–Crippen MR) is 117 cm³/mol. The minimum atomic E-state index is -0.337. The van der Waals surface area contributed by atoms with Gasteiger partial charge in [0.2, 0.25) is 0 Å². The van der Waals surface area contributed by atoms with Crippen LogP contribution in [0.2, 0.25) is 0 Å². The number of likely N-dealkylation sites (tertiary alicyclic amines) is 1. The molecule has 0 atom stereocenters. The van der Waals surface area contributed by atoms with Crippen LogP contribution < -0.4 is 0 Å². The Morgan fingerprint density at radius 3 is 2.62 bits per heavy atom. The molecule has 5 heteroatoms. The third-order valence-corrected chi connectivity index (χ3v) is 5.70. The minimum Gasteiger partial charge on any atom is -0.494 e. The first-order chi connectivity index (χ1) is 14.2. The zero-order valence-corrected chi connectivity index (χ0v) is 16.7. The van der Waals surface area contributed by atoms with E-state index in [2.05, 4.69) is 27.0 Å². The fraction of sp³-hybridized carbons (Fsp3) is 0.375. The van der Waals surface area contributed by atoms with Gasteiger partial charge >= 0.3 is 0 Å². The highest BCUT2D eigenvalue weighted by Crippen LogP contribution is 2.27. The van der Waals surface area contributed by atoms with Crippen molar-refractivity contribution >= 4 is 22.8 Å². The van der Waals surface area contributed by atoms with E-state index < -0.39 is 0 Å². The molecule has 1 aliphatic heterocycles. The van der Waals surface area contributed by atoms with Crippen molar-refractivity contribution < 1.29 is 9.50 Å². The number of hydrogen-bond donors (Lipinski definition) is 2. The second kappa shape index (κ2) is 9.23. The standard InChI is InChI=1S/C24H28FN3O/c25-19-9-12-23-21(16-19)22(24(29)27-23)17-26-20-10-7-18(8-11-20)6-2-5-15-28-13-3-1-4-14-28/h7-12,16-17,27,29H,1-6,13-15H2. The lowest BCUT2D eigenvalue weighted by atomic mass is 10.1. The Balaban J connectivity index is 1.32. The fourth-order valence-corrected chi connectivity index (χ4v) is 4.04. The zero-order chi connectivity index (χ0) is 20.1. The number of nitrogens with one attached hydrogen (secondary N) is 1. The van der Waals surface area contributed by atoms with Gasteiger partial charge in [-0.05, 0) is 87.6 Å². The van der Waals surface area contributed by atoms with Crippen LogP contribution in [0.25, 0.3) is 10.9 Å². The van der Waals surface area contributed by atoms with E-state index in [0.717, 1.165) is 12.1 Å². The van der Waals surface area contributed by atoms with Crippen LogP contribution in [-0.4, -0.2) is 40.8 Å². The highest BCUT2D eigenvalue weighted by molar-refractivity contribution is 6.02. The molecule has 3 aromatic rings. The van der Waals surface area contributed by atoms with Crippen LogP contribution in [0.4, 0.5) is 10.1 Å². The van der Waals surface area contributed by atoms with Gasteiger partial charge in [0.1, 0.15) is 5.82 Å². The second-order valence-corrected chi connectivity index (χ2v) is 7.86. The van der Waals surface area contributed by atoms with Crippen molar-refractivity contribution in [3.8, 4) is 5.88 Å². The van der Waals surface area contributed by atoms with Crippen molar-refractivity contribution in [3.63, 3.8) is 0 Å². The second-order valence-electron chi connectivity index (χ2n) is 7.86. The van der Waals surface area contributed by atoms with Crippen molar-refractivity contribution in [2.45, 2.75) is 38.5 Å². The van der Waals surface area contributed by atoms with Gasteiger partial charge in [0.05, 0.1) is 11.3 Å². The smallest absolute Gasteiger partial charge is 0.198 e. The largest absolute Gasteiger partial charge is 0.494 e. The Kier molecular flexibility index (Phi) is 6.25. The number of halogens is 1. The number of unbranched alkanes of at least 4 members (excludes halogenated alkanes) is 1. The summed E-state index contributed by atoms with van der Waals surface area (Å²) < 4.78 is 13.5. The van der Waals surface area contributed by atoms with Gasteiger partial charge < -0.3 is 15.0 Å². The number of aromatic nitrogens is 1. The van der Waals surface area contributed by atoms with E-state index in [4.69, 9.17) is 0 Å². The van der Waals surface area contributed by atoms with E-state index >= 15 is 0 Å². The topological polar surface area (TPSA) is 51.6 Å². The number of hydrogen-bond acceptors (Lipinski definition) is 3. The lowest BCUT2D eigenvalue weighted by Crippen LogP contribution is -2.30. The van der Waals surface area contributed by atoms with Crippen molar-refractivity contribution in [3.05, 3.63) is 59.4 Å². The Hall–Kier alpha value is -2.66. The molecule has 0 radical (unpaired) electrons. The van der Waals surface area contributed by atoms with Gasteiger partial charge in [-0.1, -0.05) is 18.6 Å². The van der Waals surface area contributed by atoms with Crippen molar-refractivity contribution in [2.75, 3.05) is 19.6 Å². The number of H-pyrrole nitrogens is 1. The SMILES string of the molecule is Oc1[nH]c2ccc(F)cc2c1C=Nc1ccc(CCCCN2CCCCC2)cc1. The molecule has 4 rings (SSSR count). The molecular formula is C24H28FN3O. The van der Waals surface area contributed by atoms with Crippen LogP contribution in [0, 0.1) is 5.82 Å². The Labute approximate surface area is 171 Å². The highest BCUT2D eigenvalue weighted by atomic mass is 19.1. The van der Waals surface area contributed by atoms with Gasteiger partial charge in [-0.15, -0.1) is 0 Å². The maximum Gasteiger partial charge on any atom is 0.198 e. The summed E-state index contributed by atoms with van der Waals surface area (Å²) in [6, 6.07) is 12.6. The van der Waals surface area contributed by atoms with Crippen LogP contribution in [0.3, 0.4) is 0 Å². The normalized spacial score (nSPS) is 15.5. The number of rotatable bonds is 7. The molecule has 4 nitrogen and oxygen atoms in total. The van der Waals surface area contributed by atoms with Gasteiger partial charge in [0, 0.05) is 17.1 Å². The highest BCUT2D eigenvalue weighted by Gasteiger charge is 2.10. The summed E-state index contributed by atoms with van der Waals surface area (Å²) in [6.07, 6.45) is 9.22. The monoisotopic (exact) mass is 393 g/mol. The number of benzene rings is 2. The third kappa shape index (κ3) is 5.04. The predicted octanol–water partition coefficient (Wildman–Crippen LogP) is 5.57. The van der Waals surface area contributed by atoms with E-state index in [-0.39, 0.29) is 11.7 Å². The maximum absolute atomic E-state index is 13.5. The quantitative estimate of drug-likeness (QED) is 0.407. The van der Waals surface area contributed by atoms with Crippen molar-refractivity contribution in [1.82, 2.24) is 9.88 Å². The average molecular weight is 394 g/mol.